The molecule has 1 amide bonds. The van der Waals surface area contributed by atoms with E-state index in [1.165, 1.54) is 12.3 Å². The fourth-order valence-corrected chi connectivity index (χ4v) is 3.94. The summed E-state index contributed by atoms with van der Waals surface area (Å²) in [5.41, 5.74) is 5.31. The molecule has 8 heteroatoms. The van der Waals surface area contributed by atoms with Gasteiger partial charge >= 0.3 is 6.18 Å². The summed E-state index contributed by atoms with van der Waals surface area (Å²) in [4.78, 5) is 26.4. The Morgan fingerprint density at radius 1 is 0.967 bits per heavy atom. The second-order valence-electron chi connectivity index (χ2n) is 7.37. The van der Waals surface area contributed by atoms with Crippen molar-refractivity contribution in [3.63, 3.8) is 0 Å². The molecule has 0 radical (unpaired) electrons. The van der Waals surface area contributed by atoms with Crippen molar-refractivity contribution >= 4 is 22.5 Å². The van der Waals surface area contributed by atoms with Crippen LogP contribution >= 0.6 is 0 Å². The third kappa shape index (κ3) is 3.53. The summed E-state index contributed by atoms with van der Waals surface area (Å²) < 4.78 is 41.8. The molecular weight excluding hydrogens is 395 g/mol. The maximum Gasteiger partial charge on any atom is 0.416 e. The van der Waals surface area contributed by atoms with E-state index in [0.717, 1.165) is 31.4 Å². The first-order valence-corrected chi connectivity index (χ1v) is 9.68. The monoisotopic (exact) mass is 415 g/mol. The fourth-order valence-electron chi connectivity index (χ4n) is 3.94. The van der Waals surface area contributed by atoms with Gasteiger partial charge in [0.15, 0.2) is 0 Å². The Balaban J connectivity index is 2.02. The van der Waals surface area contributed by atoms with Gasteiger partial charge in [0.2, 0.25) is 5.43 Å². The van der Waals surface area contributed by atoms with Gasteiger partial charge in [0.25, 0.3) is 5.91 Å². The van der Waals surface area contributed by atoms with Crippen molar-refractivity contribution < 1.29 is 18.0 Å². The van der Waals surface area contributed by atoms with Gasteiger partial charge in [-0.05, 0) is 49.6 Å². The number of carbonyl (C=O) groups excluding carboxylic acids is 1. The molecule has 4 rings (SSSR count). The first kappa shape index (κ1) is 20.0. The Morgan fingerprint density at radius 3 is 2.33 bits per heavy atom. The summed E-state index contributed by atoms with van der Waals surface area (Å²) in [5.74, 6) is -0.883. The Bertz CT molecular complexity index is 1180. The van der Waals surface area contributed by atoms with Crippen LogP contribution < -0.4 is 16.1 Å². The smallest absolute Gasteiger partial charge is 0.370 e. The van der Waals surface area contributed by atoms with E-state index in [4.69, 9.17) is 5.73 Å². The summed E-state index contributed by atoms with van der Waals surface area (Å²) in [5, 5.41) is 0.276. The Labute approximate surface area is 170 Å². The van der Waals surface area contributed by atoms with Crippen LogP contribution in [0.25, 0.3) is 16.6 Å². The topological polar surface area (TPSA) is 68.3 Å². The first-order valence-electron chi connectivity index (χ1n) is 9.68. The number of para-hydroxylation sites is 1. The lowest BCUT2D eigenvalue weighted by molar-refractivity contribution is -0.137. The Morgan fingerprint density at radius 2 is 1.67 bits per heavy atom. The summed E-state index contributed by atoms with van der Waals surface area (Å²) in [6, 6.07) is 10.2. The van der Waals surface area contributed by atoms with Gasteiger partial charge in [-0.25, -0.2) is 0 Å². The highest BCUT2D eigenvalue weighted by Gasteiger charge is 2.32. The van der Waals surface area contributed by atoms with E-state index in [1.807, 2.05) is 4.90 Å². The van der Waals surface area contributed by atoms with Crippen LogP contribution in [0.5, 0.6) is 0 Å². The molecule has 2 heterocycles. The number of rotatable bonds is 3. The highest BCUT2D eigenvalue weighted by molar-refractivity contribution is 5.97. The van der Waals surface area contributed by atoms with Crippen LogP contribution in [0.2, 0.25) is 0 Å². The Hall–Kier alpha value is -3.29. The van der Waals surface area contributed by atoms with Crippen molar-refractivity contribution in [3.8, 4) is 5.69 Å². The number of aromatic nitrogens is 1. The molecule has 0 atom stereocenters. The van der Waals surface area contributed by atoms with E-state index >= 15 is 0 Å². The molecule has 1 aliphatic heterocycles. The van der Waals surface area contributed by atoms with E-state index in [2.05, 4.69) is 0 Å². The lowest BCUT2D eigenvalue weighted by atomic mass is 10.1. The quantitative estimate of drug-likeness (QED) is 0.700. The molecular formula is C22H20F3N3O2. The third-order valence-corrected chi connectivity index (χ3v) is 5.44. The number of hydrogen-bond donors (Lipinski definition) is 1. The van der Waals surface area contributed by atoms with Crippen molar-refractivity contribution in [1.29, 1.82) is 0 Å². The second-order valence-corrected chi connectivity index (χ2v) is 7.37. The SMILES string of the molecule is NC(=O)c1cn(-c2ccc(C(F)(F)F)cc2N2CCCCC2)c2ccccc2c1=O. The van der Waals surface area contributed by atoms with Gasteiger partial charge in [0.05, 0.1) is 22.5 Å². The van der Waals surface area contributed by atoms with Crippen molar-refractivity contribution in [2.45, 2.75) is 25.4 Å². The molecule has 1 saturated heterocycles. The number of nitrogens with zero attached hydrogens (tertiary/aromatic N) is 2. The summed E-state index contributed by atoms with van der Waals surface area (Å²) >= 11 is 0. The molecule has 2 aromatic carbocycles. The lowest BCUT2D eigenvalue weighted by Gasteiger charge is -2.32. The number of carbonyl (C=O) groups is 1. The van der Waals surface area contributed by atoms with Gasteiger partial charge in [-0.15, -0.1) is 0 Å². The van der Waals surface area contributed by atoms with E-state index in [-0.39, 0.29) is 10.9 Å². The van der Waals surface area contributed by atoms with Crippen LogP contribution in [0.1, 0.15) is 35.2 Å². The van der Waals surface area contributed by atoms with Crippen LogP contribution in [-0.4, -0.2) is 23.6 Å². The van der Waals surface area contributed by atoms with Gasteiger partial charge in [-0.2, -0.15) is 13.2 Å². The van der Waals surface area contributed by atoms with Crippen LogP contribution in [-0.2, 0) is 6.18 Å². The number of hydrogen-bond acceptors (Lipinski definition) is 3. The predicted octanol–water partition coefficient (Wildman–Crippen LogP) is 4.10. The van der Waals surface area contributed by atoms with Crippen LogP contribution in [0.3, 0.4) is 0 Å². The minimum atomic E-state index is -4.48. The molecule has 1 aromatic heterocycles. The minimum absolute atomic E-state index is 0.210. The molecule has 2 N–H and O–H groups in total. The van der Waals surface area contributed by atoms with Gasteiger partial charge in [-0.3, -0.25) is 9.59 Å². The largest absolute Gasteiger partial charge is 0.416 e. The van der Waals surface area contributed by atoms with Crippen molar-refractivity contribution in [1.82, 2.24) is 4.57 Å². The number of primary amides is 1. The molecule has 156 valence electrons. The molecule has 5 nitrogen and oxygen atoms in total. The highest BCUT2D eigenvalue weighted by Crippen LogP contribution is 2.36. The van der Waals surface area contributed by atoms with Gasteiger partial charge in [-0.1, -0.05) is 12.1 Å². The summed E-state index contributed by atoms with van der Waals surface area (Å²) in [6.07, 6.45) is -0.367. The number of alkyl halides is 3. The maximum absolute atomic E-state index is 13.4. The molecule has 0 bridgehead atoms. The van der Waals surface area contributed by atoms with Crippen molar-refractivity contribution in [2.24, 2.45) is 5.73 Å². The lowest BCUT2D eigenvalue weighted by Crippen LogP contribution is -2.31. The zero-order valence-electron chi connectivity index (χ0n) is 16.1. The van der Waals surface area contributed by atoms with Gasteiger partial charge < -0.3 is 15.2 Å². The second kappa shape index (κ2) is 7.51. The number of benzene rings is 2. The number of amides is 1. The van der Waals surface area contributed by atoms with E-state index in [1.54, 1.807) is 28.8 Å². The average Bonchev–Trinajstić information content (AvgIpc) is 2.73. The summed E-state index contributed by atoms with van der Waals surface area (Å²) in [7, 11) is 0. The Kier molecular flexibility index (Phi) is 5.01. The zero-order chi connectivity index (χ0) is 21.5. The molecule has 0 spiro atoms. The predicted molar refractivity (Wildman–Crippen MR) is 109 cm³/mol. The molecule has 1 aliphatic rings. The summed E-state index contributed by atoms with van der Waals surface area (Å²) in [6.45, 7) is 1.27. The number of halogens is 3. The number of fused-ring (bicyclic) bond motifs is 1. The molecule has 1 fully saturated rings. The maximum atomic E-state index is 13.4. The molecule has 30 heavy (non-hydrogen) atoms. The standard InChI is InChI=1S/C22H20F3N3O2/c23-22(24,25)14-8-9-18(19(12-14)27-10-4-1-5-11-27)28-13-16(21(26)30)20(29)15-6-2-3-7-17(15)28/h2-3,6-9,12-13H,1,4-5,10-11H2,(H2,26,30). The van der Waals surface area contributed by atoms with Crippen LogP contribution in [0, 0.1) is 0 Å². The van der Waals surface area contributed by atoms with Gasteiger partial charge in [0.1, 0.15) is 5.56 Å². The number of anilines is 1. The van der Waals surface area contributed by atoms with Crippen molar-refractivity contribution in [3.05, 3.63) is 70.0 Å². The first-order chi connectivity index (χ1) is 14.3. The normalized spacial score (nSPS) is 14.8. The number of piperidine rings is 1. The zero-order valence-corrected chi connectivity index (χ0v) is 16.1. The van der Waals surface area contributed by atoms with E-state index in [0.29, 0.717) is 30.0 Å². The molecule has 0 unspecified atom stereocenters. The minimum Gasteiger partial charge on any atom is -0.370 e. The van der Waals surface area contributed by atoms with E-state index < -0.39 is 23.1 Å². The fraction of sp³-hybridized carbons (Fsp3) is 0.273. The van der Waals surface area contributed by atoms with Crippen LogP contribution in [0.15, 0.2) is 53.5 Å². The third-order valence-electron chi connectivity index (χ3n) is 5.44. The van der Waals surface area contributed by atoms with E-state index in [9.17, 15) is 22.8 Å². The highest BCUT2D eigenvalue weighted by atomic mass is 19.4. The molecule has 3 aromatic rings. The number of pyridine rings is 1. The molecule has 0 saturated carbocycles. The van der Waals surface area contributed by atoms with Crippen molar-refractivity contribution in [2.75, 3.05) is 18.0 Å². The average molecular weight is 415 g/mol. The number of nitrogens with two attached hydrogens (primary N) is 1. The van der Waals surface area contributed by atoms with Crippen LogP contribution in [0.4, 0.5) is 18.9 Å². The molecule has 0 aliphatic carbocycles. The van der Waals surface area contributed by atoms with Gasteiger partial charge in [0, 0.05) is 24.7 Å².